The average Bonchev–Trinajstić information content (AvgIpc) is 3.17. The van der Waals surface area contributed by atoms with Gasteiger partial charge in [-0.15, -0.1) is 11.8 Å². The highest BCUT2D eigenvalue weighted by molar-refractivity contribution is 7.99. The zero-order valence-corrected chi connectivity index (χ0v) is 17.9. The molecular weight excluding hydrogens is 352 g/mol. The Kier molecular flexibility index (Phi) is 8.34. The molecule has 1 aromatic carbocycles. The molecule has 0 radical (unpaired) electrons. The second-order valence-electron chi connectivity index (χ2n) is 8.00. The van der Waals surface area contributed by atoms with Gasteiger partial charge in [-0.1, -0.05) is 18.2 Å². The van der Waals surface area contributed by atoms with Gasteiger partial charge in [0.2, 0.25) is 0 Å². The molecule has 0 spiro atoms. The minimum atomic E-state index is 0.757. The number of nitrogens with zero attached hydrogens (tertiary/aromatic N) is 3. The van der Waals surface area contributed by atoms with Crippen LogP contribution in [-0.4, -0.2) is 67.8 Å². The van der Waals surface area contributed by atoms with Crippen LogP contribution in [0.15, 0.2) is 40.2 Å². The molecule has 1 N–H and O–H groups in total. The summed E-state index contributed by atoms with van der Waals surface area (Å²) < 4.78 is 0. The van der Waals surface area contributed by atoms with E-state index in [0.717, 1.165) is 44.0 Å². The zero-order valence-electron chi connectivity index (χ0n) is 17.1. The van der Waals surface area contributed by atoms with Crippen LogP contribution in [0.3, 0.4) is 0 Å². The van der Waals surface area contributed by atoms with Crippen molar-refractivity contribution >= 4 is 17.7 Å². The Balaban J connectivity index is 1.43. The van der Waals surface area contributed by atoms with E-state index in [1.54, 1.807) is 0 Å². The molecule has 0 aliphatic carbocycles. The maximum Gasteiger partial charge on any atom is 0.193 e. The number of likely N-dealkylation sites (tertiary alicyclic amines) is 2. The van der Waals surface area contributed by atoms with E-state index < -0.39 is 0 Å². The Labute approximate surface area is 169 Å². The predicted octanol–water partition coefficient (Wildman–Crippen LogP) is 3.80. The van der Waals surface area contributed by atoms with Gasteiger partial charge in [0.25, 0.3) is 0 Å². The van der Waals surface area contributed by atoms with Crippen LogP contribution in [0, 0.1) is 11.8 Å². The van der Waals surface area contributed by atoms with Crippen LogP contribution in [0.2, 0.25) is 0 Å². The summed E-state index contributed by atoms with van der Waals surface area (Å²) in [5.41, 5.74) is 0. The molecule has 2 fully saturated rings. The number of hydrogen-bond donors (Lipinski definition) is 1. The highest BCUT2D eigenvalue weighted by Gasteiger charge is 2.25. The lowest BCUT2D eigenvalue weighted by atomic mass is 9.94. The molecule has 27 heavy (non-hydrogen) atoms. The van der Waals surface area contributed by atoms with Gasteiger partial charge in [0.05, 0.1) is 0 Å². The van der Waals surface area contributed by atoms with Crippen LogP contribution in [0.4, 0.5) is 0 Å². The molecule has 2 aliphatic heterocycles. The first-order chi connectivity index (χ1) is 13.2. The fourth-order valence-corrected chi connectivity index (χ4v) is 5.07. The molecule has 3 rings (SSSR count). The number of aliphatic imine (C=N–C) groups is 1. The van der Waals surface area contributed by atoms with E-state index in [0.29, 0.717) is 0 Å². The third-order valence-electron chi connectivity index (χ3n) is 5.79. The Morgan fingerprint density at radius 1 is 1.11 bits per heavy atom. The van der Waals surface area contributed by atoms with E-state index in [1.807, 2.05) is 11.8 Å². The van der Waals surface area contributed by atoms with E-state index in [2.05, 4.69) is 59.4 Å². The van der Waals surface area contributed by atoms with E-state index in [4.69, 9.17) is 4.99 Å². The van der Waals surface area contributed by atoms with Crippen molar-refractivity contribution < 1.29 is 0 Å². The van der Waals surface area contributed by atoms with Gasteiger partial charge in [-0.3, -0.25) is 4.99 Å². The molecule has 150 valence electrons. The Morgan fingerprint density at radius 2 is 1.85 bits per heavy atom. The molecule has 1 aromatic rings. The van der Waals surface area contributed by atoms with Crippen molar-refractivity contribution in [3.05, 3.63) is 30.3 Å². The molecule has 1 unspecified atom stereocenters. The summed E-state index contributed by atoms with van der Waals surface area (Å²) in [5.74, 6) is 3.96. The lowest BCUT2D eigenvalue weighted by Crippen LogP contribution is -2.40. The maximum atomic E-state index is 4.97. The van der Waals surface area contributed by atoms with Crippen molar-refractivity contribution in [1.29, 1.82) is 0 Å². The van der Waals surface area contributed by atoms with Gasteiger partial charge in [-0.05, 0) is 76.7 Å². The van der Waals surface area contributed by atoms with Gasteiger partial charge >= 0.3 is 0 Å². The minimum absolute atomic E-state index is 0.757. The van der Waals surface area contributed by atoms with Gasteiger partial charge in [-0.2, -0.15) is 0 Å². The maximum absolute atomic E-state index is 4.97. The van der Waals surface area contributed by atoms with Crippen LogP contribution in [0.5, 0.6) is 0 Å². The molecule has 0 amide bonds. The predicted molar refractivity (Wildman–Crippen MR) is 118 cm³/mol. The second-order valence-corrected chi connectivity index (χ2v) is 9.09. The Morgan fingerprint density at radius 3 is 2.59 bits per heavy atom. The summed E-state index contributed by atoms with van der Waals surface area (Å²) in [6, 6.07) is 10.8. The molecule has 5 heteroatoms. The first-order valence-electron chi connectivity index (χ1n) is 10.6. The Hall–Kier alpha value is -1.20. The highest BCUT2D eigenvalue weighted by atomic mass is 32.2. The summed E-state index contributed by atoms with van der Waals surface area (Å²) in [6.07, 6.45) is 5.19. The van der Waals surface area contributed by atoms with Crippen molar-refractivity contribution in [1.82, 2.24) is 15.1 Å². The van der Waals surface area contributed by atoms with Gasteiger partial charge in [0.1, 0.15) is 0 Å². The molecule has 1 atom stereocenters. The van der Waals surface area contributed by atoms with Crippen LogP contribution < -0.4 is 5.32 Å². The monoisotopic (exact) mass is 388 g/mol. The van der Waals surface area contributed by atoms with Crippen LogP contribution in [0.25, 0.3) is 0 Å². The van der Waals surface area contributed by atoms with Gasteiger partial charge in [0, 0.05) is 36.8 Å². The van der Waals surface area contributed by atoms with Crippen molar-refractivity contribution in [3.8, 4) is 0 Å². The van der Waals surface area contributed by atoms with E-state index in [1.165, 1.54) is 49.4 Å². The van der Waals surface area contributed by atoms with Crippen molar-refractivity contribution in [2.24, 2.45) is 16.8 Å². The molecular formula is C22H36N4S. The average molecular weight is 389 g/mol. The van der Waals surface area contributed by atoms with Gasteiger partial charge in [0.15, 0.2) is 5.96 Å². The first-order valence-corrected chi connectivity index (χ1v) is 11.6. The fraction of sp³-hybridized carbons (Fsp3) is 0.682. The zero-order chi connectivity index (χ0) is 18.9. The molecule has 4 nitrogen and oxygen atoms in total. The fourth-order valence-electron chi connectivity index (χ4n) is 4.02. The largest absolute Gasteiger partial charge is 0.357 e. The van der Waals surface area contributed by atoms with Crippen molar-refractivity contribution in [3.63, 3.8) is 0 Å². The van der Waals surface area contributed by atoms with Gasteiger partial charge in [-0.25, -0.2) is 0 Å². The molecule has 2 aliphatic rings. The summed E-state index contributed by atoms with van der Waals surface area (Å²) in [4.78, 5) is 11.3. The van der Waals surface area contributed by atoms with E-state index in [-0.39, 0.29) is 0 Å². The number of nitrogens with one attached hydrogen (secondary N) is 1. The number of thioether (sulfide) groups is 1. The first kappa shape index (κ1) is 20.5. The molecule has 0 bridgehead atoms. The van der Waals surface area contributed by atoms with E-state index >= 15 is 0 Å². The second kappa shape index (κ2) is 11.0. The molecule has 0 aromatic heterocycles. The number of guanidine groups is 1. The van der Waals surface area contributed by atoms with E-state index in [9.17, 15) is 0 Å². The highest BCUT2D eigenvalue weighted by Crippen LogP contribution is 2.26. The van der Waals surface area contributed by atoms with Crippen molar-refractivity contribution in [2.45, 2.75) is 37.5 Å². The number of benzene rings is 1. The molecule has 2 heterocycles. The topological polar surface area (TPSA) is 30.9 Å². The normalized spacial score (nSPS) is 22.4. The number of rotatable bonds is 7. The summed E-state index contributed by atoms with van der Waals surface area (Å²) >= 11 is 1.99. The lowest BCUT2D eigenvalue weighted by molar-refractivity contribution is 0.214. The minimum Gasteiger partial charge on any atom is -0.357 e. The van der Waals surface area contributed by atoms with Crippen LogP contribution >= 0.6 is 11.8 Å². The number of piperidine rings is 1. The van der Waals surface area contributed by atoms with Crippen LogP contribution in [0.1, 0.15) is 32.6 Å². The third kappa shape index (κ3) is 6.72. The summed E-state index contributed by atoms with van der Waals surface area (Å²) in [7, 11) is 2.23. The van der Waals surface area contributed by atoms with Crippen LogP contribution in [-0.2, 0) is 0 Å². The third-order valence-corrected chi connectivity index (χ3v) is 7.03. The summed E-state index contributed by atoms with van der Waals surface area (Å²) in [6.45, 7) is 8.87. The quantitative estimate of drug-likeness (QED) is 0.437. The van der Waals surface area contributed by atoms with Gasteiger partial charge < -0.3 is 15.1 Å². The number of hydrogen-bond acceptors (Lipinski definition) is 3. The molecule has 0 saturated carbocycles. The molecule has 2 saturated heterocycles. The summed E-state index contributed by atoms with van der Waals surface area (Å²) in [5, 5.41) is 3.52. The van der Waals surface area contributed by atoms with Crippen molar-refractivity contribution in [2.75, 3.05) is 52.1 Å². The lowest BCUT2D eigenvalue weighted by Gasteiger charge is -2.28. The smallest absolute Gasteiger partial charge is 0.193 e. The Bertz CT molecular complexity index is 569. The SMILES string of the molecule is CCNC(=NCCC1CCN(C)CC1)N1CCC(CSc2ccccc2)C1. The standard InChI is InChI=1S/C22H36N4S/c1-3-23-22(24-13-9-19-10-14-25(2)15-11-19)26-16-12-20(17-26)18-27-21-7-5-4-6-8-21/h4-8,19-20H,3,9-18H2,1-2H3,(H,23,24).